The maximum absolute atomic E-state index is 6.00. The summed E-state index contributed by atoms with van der Waals surface area (Å²) in [7, 11) is 3.61. The molecule has 0 aliphatic rings. The third-order valence-electron chi connectivity index (χ3n) is 2.16. The van der Waals surface area contributed by atoms with E-state index < -0.39 is 0 Å². The van der Waals surface area contributed by atoms with Crippen molar-refractivity contribution in [3.63, 3.8) is 0 Å². The summed E-state index contributed by atoms with van der Waals surface area (Å²) in [5, 5.41) is 0.728. The van der Waals surface area contributed by atoms with Crippen molar-refractivity contribution in [2.45, 2.75) is 13.5 Å². The van der Waals surface area contributed by atoms with E-state index in [1.54, 1.807) is 7.11 Å². The molecule has 1 rings (SSSR count). The van der Waals surface area contributed by atoms with Gasteiger partial charge in [0, 0.05) is 17.1 Å². The van der Waals surface area contributed by atoms with Gasteiger partial charge in [0.05, 0.1) is 13.1 Å². The third-order valence-corrected chi connectivity index (χ3v) is 2.79. The molecule has 2 nitrogen and oxygen atoms in total. The van der Waals surface area contributed by atoms with E-state index in [0.717, 1.165) is 28.4 Å². The number of methoxy groups -OCH3 is 1. The molecule has 0 saturated heterocycles. The lowest BCUT2D eigenvalue weighted by Crippen LogP contribution is -2.16. The zero-order valence-corrected chi connectivity index (χ0v) is 10.7. The van der Waals surface area contributed by atoms with Crippen LogP contribution in [0.25, 0.3) is 0 Å². The quantitative estimate of drug-likeness (QED) is 0.598. The van der Waals surface area contributed by atoms with Crippen molar-refractivity contribution in [3.05, 3.63) is 28.3 Å². The Morgan fingerprint density at radius 1 is 1.40 bits per heavy atom. The number of hydrogen-bond acceptors (Lipinski definition) is 2. The standard InChI is InChI=1S/C11H15Cl2NO/c1-8-4-10(13)5-9(11(8)15-3)6-14(2)7-12/h4-5H,6-7H2,1-3H3. The summed E-state index contributed by atoms with van der Waals surface area (Å²) in [6, 6.07) is 4.29. The molecule has 0 radical (unpaired) electrons. The van der Waals surface area contributed by atoms with E-state index in [0.29, 0.717) is 6.00 Å². The maximum atomic E-state index is 6.00. The van der Waals surface area contributed by atoms with Crippen LogP contribution in [0.3, 0.4) is 0 Å². The van der Waals surface area contributed by atoms with E-state index >= 15 is 0 Å². The minimum absolute atomic E-state index is 0.481. The monoisotopic (exact) mass is 247 g/mol. The first-order valence-electron chi connectivity index (χ1n) is 4.66. The fraction of sp³-hybridized carbons (Fsp3) is 0.455. The largest absolute Gasteiger partial charge is 0.496 e. The molecule has 0 spiro atoms. The van der Waals surface area contributed by atoms with Crippen LogP contribution in [0, 0.1) is 6.92 Å². The van der Waals surface area contributed by atoms with E-state index in [1.165, 1.54) is 0 Å². The highest BCUT2D eigenvalue weighted by molar-refractivity contribution is 6.30. The molecule has 0 aliphatic heterocycles. The van der Waals surface area contributed by atoms with Gasteiger partial charge in [-0.15, -0.1) is 11.6 Å². The molecule has 0 heterocycles. The van der Waals surface area contributed by atoms with Crippen LogP contribution in [-0.2, 0) is 6.54 Å². The van der Waals surface area contributed by atoms with Gasteiger partial charge in [-0.1, -0.05) is 11.6 Å². The number of rotatable bonds is 4. The van der Waals surface area contributed by atoms with Crippen LogP contribution in [0.5, 0.6) is 5.75 Å². The second kappa shape index (κ2) is 5.59. The molecule has 4 heteroatoms. The molecule has 1 aromatic carbocycles. The molecule has 0 atom stereocenters. The van der Waals surface area contributed by atoms with Gasteiger partial charge in [0.25, 0.3) is 0 Å². The van der Waals surface area contributed by atoms with Crippen LogP contribution in [0.15, 0.2) is 12.1 Å². The molecule has 0 aromatic heterocycles. The van der Waals surface area contributed by atoms with Gasteiger partial charge in [0.1, 0.15) is 5.75 Å². The molecular weight excluding hydrogens is 233 g/mol. The average molecular weight is 248 g/mol. The van der Waals surface area contributed by atoms with Crippen molar-refractivity contribution in [2.24, 2.45) is 0 Å². The number of halogens is 2. The average Bonchev–Trinajstić information content (AvgIpc) is 2.17. The Morgan fingerprint density at radius 3 is 2.60 bits per heavy atom. The first-order chi connectivity index (χ1) is 7.08. The van der Waals surface area contributed by atoms with Crippen LogP contribution in [-0.4, -0.2) is 25.1 Å². The predicted molar refractivity (Wildman–Crippen MR) is 64.9 cm³/mol. The lowest BCUT2D eigenvalue weighted by atomic mass is 10.1. The molecule has 0 unspecified atom stereocenters. The maximum Gasteiger partial charge on any atom is 0.126 e. The minimum Gasteiger partial charge on any atom is -0.496 e. The number of ether oxygens (including phenoxy) is 1. The Bertz CT molecular complexity index is 342. The number of benzene rings is 1. The van der Waals surface area contributed by atoms with Crippen LogP contribution in [0.2, 0.25) is 5.02 Å². The molecule has 0 N–H and O–H groups in total. The van der Waals surface area contributed by atoms with Gasteiger partial charge < -0.3 is 4.74 Å². The highest BCUT2D eigenvalue weighted by atomic mass is 35.5. The molecule has 0 aliphatic carbocycles. The molecule has 0 bridgehead atoms. The van der Waals surface area contributed by atoms with E-state index in [-0.39, 0.29) is 0 Å². The van der Waals surface area contributed by atoms with Crippen molar-refractivity contribution in [2.75, 3.05) is 20.2 Å². The van der Waals surface area contributed by atoms with E-state index in [4.69, 9.17) is 27.9 Å². The Balaban J connectivity index is 3.03. The van der Waals surface area contributed by atoms with Gasteiger partial charge in [-0.2, -0.15) is 0 Å². The SMILES string of the molecule is COc1c(C)cc(Cl)cc1CN(C)CCl. The van der Waals surface area contributed by atoms with Crippen LogP contribution < -0.4 is 4.74 Å². The number of nitrogens with zero attached hydrogens (tertiary/aromatic N) is 1. The number of aryl methyl sites for hydroxylation is 1. The van der Waals surface area contributed by atoms with Gasteiger partial charge in [-0.05, 0) is 31.7 Å². The highest BCUT2D eigenvalue weighted by Crippen LogP contribution is 2.28. The Morgan fingerprint density at radius 2 is 2.07 bits per heavy atom. The van der Waals surface area contributed by atoms with Crippen molar-refractivity contribution in [3.8, 4) is 5.75 Å². The third kappa shape index (κ3) is 3.26. The molecule has 0 fully saturated rings. The first-order valence-corrected chi connectivity index (χ1v) is 5.57. The minimum atomic E-state index is 0.481. The number of alkyl halides is 1. The molecule has 84 valence electrons. The van der Waals surface area contributed by atoms with Crippen molar-refractivity contribution < 1.29 is 4.74 Å². The van der Waals surface area contributed by atoms with Crippen molar-refractivity contribution in [1.29, 1.82) is 0 Å². The van der Waals surface area contributed by atoms with Crippen LogP contribution in [0.4, 0.5) is 0 Å². The normalized spacial score (nSPS) is 10.8. The highest BCUT2D eigenvalue weighted by Gasteiger charge is 2.09. The molecule has 0 amide bonds. The summed E-state index contributed by atoms with van der Waals surface area (Å²) in [6.45, 7) is 2.71. The van der Waals surface area contributed by atoms with E-state index in [9.17, 15) is 0 Å². The summed E-state index contributed by atoms with van der Waals surface area (Å²) in [5.41, 5.74) is 2.11. The topological polar surface area (TPSA) is 12.5 Å². The second-order valence-corrected chi connectivity index (χ2v) is 4.22. The van der Waals surface area contributed by atoms with Crippen molar-refractivity contribution in [1.82, 2.24) is 4.90 Å². The Hall–Kier alpha value is -0.440. The van der Waals surface area contributed by atoms with Crippen LogP contribution in [0.1, 0.15) is 11.1 Å². The van der Waals surface area contributed by atoms with Gasteiger partial charge >= 0.3 is 0 Å². The van der Waals surface area contributed by atoms with E-state index in [2.05, 4.69) is 0 Å². The molecule has 15 heavy (non-hydrogen) atoms. The molecule has 1 aromatic rings. The lowest BCUT2D eigenvalue weighted by Gasteiger charge is -2.17. The predicted octanol–water partition coefficient (Wildman–Crippen LogP) is 3.29. The summed E-state index contributed by atoms with van der Waals surface area (Å²) < 4.78 is 5.35. The van der Waals surface area contributed by atoms with Gasteiger partial charge in [0.2, 0.25) is 0 Å². The number of hydrogen-bond donors (Lipinski definition) is 0. The van der Waals surface area contributed by atoms with E-state index in [1.807, 2.05) is 31.0 Å². The molecular formula is C11H15Cl2NO. The summed E-state index contributed by atoms with van der Waals surface area (Å²) in [4.78, 5) is 1.98. The van der Waals surface area contributed by atoms with Gasteiger partial charge in [-0.25, -0.2) is 0 Å². The van der Waals surface area contributed by atoms with Gasteiger partial charge in [-0.3, -0.25) is 4.90 Å². The van der Waals surface area contributed by atoms with Gasteiger partial charge in [0.15, 0.2) is 0 Å². The zero-order chi connectivity index (χ0) is 11.4. The second-order valence-electron chi connectivity index (χ2n) is 3.55. The molecule has 0 saturated carbocycles. The first kappa shape index (κ1) is 12.6. The van der Waals surface area contributed by atoms with Crippen molar-refractivity contribution >= 4 is 23.2 Å². The summed E-state index contributed by atoms with van der Waals surface area (Å²) in [5.74, 6) is 0.886. The zero-order valence-electron chi connectivity index (χ0n) is 9.18. The fourth-order valence-electron chi connectivity index (χ4n) is 1.54. The van der Waals surface area contributed by atoms with Crippen LogP contribution >= 0.6 is 23.2 Å². The lowest BCUT2D eigenvalue weighted by molar-refractivity contribution is 0.359. The summed E-state index contributed by atoms with van der Waals surface area (Å²) in [6.07, 6.45) is 0. The smallest absolute Gasteiger partial charge is 0.126 e. The fourth-order valence-corrected chi connectivity index (χ4v) is 1.92. The summed E-state index contributed by atoms with van der Waals surface area (Å²) >= 11 is 11.7. The Labute approximate surface area is 101 Å². The Kier molecular flexibility index (Phi) is 4.71.